The second kappa shape index (κ2) is 14.9. The molecule has 2 saturated heterocycles. The summed E-state index contributed by atoms with van der Waals surface area (Å²) in [6.07, 6.45) is -2.11. The number of halogens is 2. The molecule has 2 fully saturated rings. The average molecular weight is 681 g/mol. The molecular weight excluding hydrogens is 643 g/mol. The minimum absolute atomic E-state index is 0.00322. The van der Waals surface area contributed by atoms with Crippen LogP contribution in [0.2, 0.25) is 5.02 Å². The van der Waals surface area contributed by atoms with Crippen LogP contribution in [0.1, 0.15) is 33.4 Å². The number of rotatable bonds is 13. The highest BCUT2D eigenvalue weighted by Gasteiger charge is 2.69. The molecule has 2 heterocycles. The zero-order valence-corrected chi connectivity index (χ0v) is 27.7. The molecule has 3 unspecified atom stereocenters. The molecule has 0 amide bonds. The molecule has 49 heavy (non-hydrogen) atoms. The lowest BCUT2D eigenvalue weighted by atomic mass is 9.82. The quantitative estimate of drug-likeness (QED) is 0.137. The molecule has 252 valence electrons. The van der Waals surface area contributed by atoms with Crippen molar-refractivity contribution < 1.29 is 33.2 Å². The summed E-state index contributed by atoms with van der Waals surface area (Å²) in [5.74, 6) is -1.91. The molecule has 2 aliphatic heterocycles. The van der Waals surface area contributed by atoms with Crippen LogP contribution in [0, 0.1) is 5.82 Å². The number of aliphatic hydroxyl groups is 1. The van der Waals surface area contributed by atoms with Crippen molar-refractivity contribution in [3.05, 3.63) is 178 Å². The van der Waals surface area contributed by atoms with Gasteiger partial charge in [0.15, 0.2) is 0 Å². The van der Waals surface area contributed by atoms with Crippen molar-refractivity contribution in [3.63, 3.8) is 0 Å². The standard InChI is InChI=1S/C41H38ClFO6/c42-35-19-16-29(17-20-35)22-33-23-34(18-21-36(33)43)41-39(47-26-32-14-8-3-9-15-32)37(45-24-30-10-4-1-5-11-30)38(40(27-44,49-41)28-48-41)46-25-31-12-6-2-7-13-31/h1-21,23,37-39,44H,22,24-28H2/t37-,38+,39?,40?,41?/m0/s1. The molecule has 8 heteroatoms. The van der Waals surface area contributed by atoms with E-state index in [2.05, 4.69) is 0 Å². The Kier molecular flexibility index (Phi) is 10.2. The van der Waals surface area contributed by atoms with Gasteiger partial charge < -0.3 is 28.8 Å². The highest BCUT2D eigenvalue weighted by molar-refractivity contribution is 6.30. The van der Waals surface area contributed by atoms with Gasteiger partial charge in [-0.2, -0.15) is 0 Å². The molecule has 7 rings (SSSR count). The topological polar surface area (TPSA) is 66.4 Å². The maximum Gasteiger partial charge on any atom is 0.225 e. The van der Waals surface area contributed by atoms with E-state index < -0.39 is 36.3 Å². The molecular formula is C41H38ClFO6. The van der Waals surface area contributed by atoms with Crippen LogP contribution in [-0.2, 0) is 55.7 Å². The summed E-state index contributed by atoms with van der Waals surface area (Å²) in [5.41, 5.74) is 3.48. The van der Waals surface area contributed by atoms with Crippen LogP contribution in [0.15, 0.2) is 133 Å². The van der Waals surface area contributed by atoms with Crippen molar-refractivity contribution in [1.82, 2.24) is 0 Å². The Morgan fingerprint density at radius 1 is 0.673 bits per heavy atom. The normalized spacial score (nSPS) is 24.6. The molecule has 5 atom stereocenters. The number of benzene rings is 5. The third-order valence-electron chi connectivity index (χ3n) is 9.23. The molecule has 0 aromatic heterocycles. The highest BCUT2D eigenvalue weighted by atomic mass is 35.5. The summed E-state index contributed by atoms with van der Waals surface area (Å²) in [4.78, 5) is 0. The Labute approximate surface area is 290 Å². The third-order valence-corrected chi connectivity index (χ3v) is 9.48. The van der Waals surface area contributed by atoms with Gasteiger partial charge in [0, 0.05) is 17.0 Å². The van der Waals surface area contributed by atoms with Crippen LogP contribution < -0.4 is 0 Å². The summed E-state index contributed by atoms with van der Waals surface area (Å²) in [7, 11) is 0. The fourth-order valence-electron chi connectivity index (χ4n) is 6.68. The van der Waals surface area contributed by atoms with Crippen molar-refractivity contribution in [2.45, 2.75) is 55.9 Å². The molecule has 0 spiro atoms. The lowest BCUT2D eigenvalue weighted by Crippen LogP contribution is -2.67. The maximum absolute atomic E-state index is 15.4. The van der Waals surface area contributed by atoms with E-state index in [1.54, 1.807) is 24.3 Å². The van der Waals surface area contributed by atoms with Crippen LogP contribution in [0.4, 0.5) is 4.39 Å². The summed E-state index contributed by atoms with van der Waals surface area (Å²) >= 11 is 6.12. The van der Waals surface area contributed by atoms with Crippen molar-refractivity contribution in [2.24, 2.45) is 0 Å². The van der Waals surface area contributed by atoms with E-state index in [1.165, 1.54) is 6.07 Å². The molecule has 5 aromatic rings. The first kappa shape index (κ1) is 33.6. The van der Waals surface area contributed by atoms with E-state index in [-0.39, 0.29) is 32.2 Å². The van der Waals surface area contributed by atoms with Gasteiger partial charge in [-0.25, -0.2) is 4.39 Å². The number of aliphatic hydroxyl groups excluding tert-OH is 1. The predicted molar refractivity (Wildman–Crippen MR) is 184 cm³/mol. The van der Waals surface area contributed by atoms with Gasteiger partial charge >= 0.3 is 0 Å². The second-order valence-corrected chi connectivity index (χ2v) is 13.0. The number of ether oxygens (including phenoxy) is 5. The van der Waals surface area contributed by atoms with Gasteiger partial charge in [0.05, 0.1) is 33.0 Å². The fourth-order valence-corrected chi connectivity index (χ4v) is 6.81. The summed E-state index contributed by atoms with van der Waals surface area (Å²) in [5, 5.41) is 11.7. The largest absolute Gasteiger partial charge is 0.393 e. The lowest BCUT2D eigenvalue weighted by Gasteiger charge is -2.50. The minimum Gasteiger partial charge on any atom is -0.393 e. The Balaban J connectivity index is 1.30. The summed E-state index contributed by atoms with van der Waals surface area (Å²) in [6.45, 7) is 0.334. The van der Waals surface area contributed by atoms with Crippen LogP contribution in [-0.4, -0.2) is 42.2 Å². The predicted octanol–water partition coefficient (Wildman–Crippen LogP) is 7.77. The van der Waals surface area contributed by atoms with Crippen LogP contribution in [0.3, 0.4) is 0 Å². The number of hydrogen-bond donors (Lipinski definition) is 1. The van der Waals surface area contributed by atoms with Gasteiger partial charge in [-0.05, 0) is 52.1 Å². The van der Waals surface area contributed by atoms with Crippen molar-refractivity contribution >= 4 is 11.6 Å². The number of hydrogen-bond acceptors (Lipinski definition) is 6. The zero-order valence-electron chi connectivity index (χ0n) is 26.9. The first-order chi connectivity index (χ1) is 24.0. The molecule has 1 N–H and O–H groups in total. The SMILES string of the molecule is OCC12COC(c3ccc(F)c(Cc4ccc(Cl)cc4)c3)(O1)C(OCc1ccccc1)[C@@H](OCc1ccccc1)[C@H]2OCc1ccccc1. The van der Waals surface area contributed by atoms with Gasteiger partial charge in [-0.3, -0.25) is 0 Å². The molecule has 5 aromatic carbocycles. The Bertz CT molecular complexity index is 1810. The van der Waals surface area contributed by atoms with Gasteiger partial charge in [0.2, 0.25) is 5.79 Å². The zero-order chi connectivity index (χ0) is 33.7. The molecule has 0 aliphatic carbocycles. The maximum atomic E-state index is 15.4. The van der Waals surface area contributed by atoms with Crippen LogP contribution in [0.25, 0.3) is 0 Å². The van der Waals surface area contributed by atoms with Gasteiger partial charge in [-0.15, -0.1) is 0 Å². The van der Waals surface area contributed by atoms with Crippen molar-refractivity contribution in [3.8, 4) is 0 Å². The van der Waals surface area contributed by atoms with E-state index in [0.29, 0.717) is 22.6 Å². The van der Waals surface area contributed by atoms with Gasteiger partial charge in [0.25, 0.3) is 0 Å². The average Bonchev–Trinajstić information content (AvgIpc) is 3.50. The molecule has 0 radical (unpaired) electrons. The molecule has 2 bridgehead atoms. The van der Waals surface area contributed by atoms with Crippen LogP contribution in [0.5, 0.6) is 0 Å². The Morgan fingerprint density at radius 2 is 1.22 bits per heavy atom. The van der Waals surface area contributed by atoms with E-state index in [1.807, 2.05) is 103 Å². The molecule has 6 nitrogen and oxygen atoms in total. The van der Waals surface area contributed by atoms with E-state index in [9.17, 15) is 5.11 Å². The van der Waals surface area contributed by atoms with Gasteiger partial charge in [-0.1, -0.05) is 121 Å². The summed E-state index contributed by atoms with van der Waals surface area (Å²) < 4.78 is 49.2. The van der Waals surface area contributed by atoms with Gasteiger partial charge in [0.1, 0.15) is 29.7 Å². The first-order valence-corrected chi connectivity index (χ1v) is 16.8. The summed E-state index contributed by atoms with van der Waals surface area (Å²) in [6, 6.07) is 41.6. The third kappa shape index (κ3) is 7.21. The van der Waals surface area contributed by atoms with Crippen LogP contribution >= 0.6 is 11.6 Å². The second-order valence-electron chi connectivity index (χ2n) is 12.6. The van der Waals surface area contributed by atoms with Crippen molar-refractivity contribution in [2.75, 3.05) is 13.2 Å². The smallest absolute Gasteiger partial charge is 0.225 e. The Morgan fingerprint density at radius 3 is 1.80 bits per heavy atom. The van der Waals surface area contributed by atoms with Crippen molar-refractivity contribution in [1.29, 1.82) is 0 Å². The minimum atomic E-state index is -1.55. The Hall–Kier alpha value is -3.92. The monoisotopic (exact) mass is 680 g/mol. The molecule has 2 aliphatic rings. The van der Waals surface area contributed by atoms with E-state index in [0.717, 1.165) is 22.3 Å². The van der Waals surface area contributed by atoms with E-state index >= 15 is 4.39 Å². The van der Waals surface area contributed by atoms with E-state index in [4.69, 9.17) is 35.3 Å². The number of fused-ring (bicyclic) bond motifs is 2. The fraction of sp³-hybridized carbons (Fsp3) is 0.268. The molecule has 0 saturated carbocycles. The highest BCUT2D eigenvalue weighted by Crippen LogP contribution is 2.53. The first-order valence-electron chi connectivity index (χ1n) is 16.4. The lowest BCUT2D eigenvalue weighted by molar-refractivity contribution is -0.353.